The molecule has 0 atom stereocenters. The van der Waals surface area contributed by atoms with Gasteiger partial charge in [-0.3, -0.25) is 29.0 Å². The van der Waals surface area contributed by atoms with Crippen LogP contribution in [-0.2, 0) is 0 Å². The Kier molecular flexibility index (Phi) is 6.82. The second-order valence-electron chi connectivity index (χ2n) is 10.6. The Bertz CT molecular complexity index is 1630. The van der Waals surface area contributed by atoms with Gasteiger partial charge in [0.05, 0.1) is 0 Å². The molecule has 0 spiro atoms. The Hall–Kier alpha value is -3.82. The van der Waals surface area contributed by atoms with Gasteiger partial charge < -0.3 is 11.5 Å². The van der Waals surface area contributed by atoms with Crippen LogP contribution < -0.4 is 11.5 Å². The molecule has 2 aliphatic heterocycles. The number of hydrogen-bond donors (Lipinski definition) is 2. The highest BCUT2D eigenvalue weighted by atomic mass is 35.5. The summed E-state index contributed by atoms with van der Waals surface area (Å²) in [4.78, 5) is 56.0. The molecule has 6 rings (SSSR count). The summed E-state index contributed by atoms with van der Waals surface area (Å²) in [6.07, 6.45) is 0.833. The number of amides is 4. The van der Waals surface area contributed by atoms with Crippen LogP contribution in [0.25, 0.3) is 21.5 Å². The second kappa shape index (κ2) is 10.2. The van der Waals surface area contributed by atoms with Crippen molar-refractivity contribution >= 4 is 68.4 Å². The maximum atomic E-state index is 13.4. The monoisotopic (exact) mass is 588 g/mol. The lowest BCUT2D eigenvalue weighted by Crippen LogP contribution is -2.51. The zero-order valence-electron chi connectivity index (χ0n) is 22.0. The highest BCUT2D eigenvalue weighted by Crippen LogP contribution is 2.36. The molecule has 0 fully saturated rings. The molecular formula is C31H26Cl2N4O4. The first-order chi connectivity index (χ1) is 19.6. The highest BCUT2D eigenvalue weighted by Gasteiger charge is 2.37. The molecule has 10 heteroatoms. The molecule has 8 nitrogen and oxygen atoms in total. The number of carbonyl (C=O) groups excluding carboxylic acids is 4. The lowest BCUT2D eigenvalue weighted by molar-refractivity contribution is 0.0590. The van der Waals surface area contributed by atoms with Crippen molar-refractivity contribution in [3.8, 4) is 0 Å². The van der Waals surface area contributed by atoms with Gasteiger partial charge in [0.1, 0.15) is 0 Å². The van der Waals surface area contributed by atoms with E-state index in [0.29, 0.717) is 60.3 Å². The van der Waals surface area contributed by atoms with E-state index in [0.717, 1.165) is 0 Å². The van der Waals surface area contributed by atoms with Gasteiger partial charge in [0.25, 0.3) is 23.6 Å². The van der Waals surface area contributed by atoms with Gasteiger partial charge in [0.2, 0.25) is 0 Å². The SMILES string of the molecule is NCCC(N)(CCN1C(=O)c2cccc3c(Cl)ccc(c23)C1=O)CCN1C(=O)c2cccc3c(Cl)ccc(c23)C1=O. The van der Waals surface area contributed by atoms with Crippen molar-refractivity contribution in [1.82, 2.24) is 9.80 Å². The van der Waals surface area contributed by atoms with Crippen molar-refractivity contribution in [3.63, 3.8) is 0 Å². The zero-order chi connectivity index (χ0) is 29.1. The van der Waals surface area contributed by atoms with E-state index < -0.39 is 29.2 Å². The lowest BCUT2D eigenvalue weighted by Gasteiger charge is -2.35. The lowest BCUT2D eigenvalue weighted by atomic mass is 9.86. The molecular weight excluding hydrogens is 563 g/mol. The van der Waals surface area contributed by atoms with Crippen molar-refractivity contribution < 1.29 is 19.2 Å². The fourth-order valence-corrected chi connectivity index (χ4v) is 6.40. The van der Waals surface area contributed by atoms with Crippen molar-refractivity contribution in [2.75, 3.05) is 19.6 Å². The van der Waals surface area contributed by atoms with Crippen LogP contribution in [-0.4, -0.2) is 58.6 Å². The van der Waals surface area contributed by atoms with Crippen LogP contribution in [0.1, 0.15) is 60.7 Å². The number of imide groups is 2. The van der Waals surface area contributed by atoms with Crippen molar-refractivity contribution in [2.24, 2.45) is 11.5 Å². The number of hydrogen-bond acceptors (Lipinski definition) is 6. The summed E-state index contributed by atoms with van der Waals surface area (Å²) in [6, 6.07) is 17.0. The van der Waals surface area contributed by atoms with Gasteiger partial charge in [-0.25, -0.2) is 0 Å². The number of carbonyl (C=O) groups is 4. The number of halogens is 2. The van der Waals surface area contributed by atoms with E-state index in [4.69, 9.17) is 34.7 Å². The first kappa shape index (κ1) is 27.4. The first-order valence-corrected chi connectivity index (χ1v) is 14.0. The Morgan fingerprint density at radius 1 is 0.585 bits per heavy atom. The summed E-state index contributed by atoms with van der Waals surface area (Å²) in [5, 5.41) is 3.32. The minimum absolute atomic E-state index is 0.0507. The van der Waals surface area contributed by atoms with Crippen molar-refractivity contribution in [3.05, 3.63) is 93.0 Å². The maximum absolute atomic E-state index is 13.4. The number of rotatable bonds is 8. The van der Waals surface area contributed by atoms with Gasteiger partial charge in [0.15, 0.2) is 0 Å². The molecule has 0 unspecified atom stereocenters. The van der Waals surface area contributed by atoms with Crippen LogP contribution in [0.15, 0.2) is 60.7 Å². The van der Waals surface area contributed by atoms with Crippen LogP contribution in [0.3, 0.4) is 0 Å². The summed E-state index contributed by atoms with van der Waals surface area (Å²) in [5.74, 6) is -1.68. The minimum Gasteiger partial charge on any atom is -0.330 e. The molecule has 0 bridgehead atoms. The molecule has 2 heterocycles. The van der Waals surface area contributed by atoms with Crippen LogP contribution in [0.2, 0.25) is 10.0 Å². The number of nitrogens with two attached hydrogens (primary N) is 2. The summed E-state index contributed by atoms with van der Waals surface area (Å²) in [5.41, 5.74) is 13.3. The van der Waals surface area contributed by atoms with Gasteiger partial charge in [-0.1, -0.05) is 47.5 Å². The third-order valence-corrected chi connectivity index (χ3v) is 8.85. The molecule has 208 valence electrons. The quantitative estimate of drug-likeness (QED) is 0.278. The van der Waals surface area contributed by atoms with Gasteiger partial charge in [-0.15, -0.1) is 0 Å². The largest absolute Gasteiger partial charge is 0.330 e. The fourth-order valence-electron chi connectivity index (χ4n) is 5.96. The third-order valence-electron chi connectivity index (χ3n) is 8.19. The van der Waals surface area contributed by atoms with E-state index in [2.05, 4.69) is 0 Å². The Morgan fingerprint density at radius 3 is 1.37 bits per heavy atom. The Balaban J connectivity index is 1.22. The van der Waals surface area contributed by atoms with Gasteiger partial charge in [0, 0.05) is 72.5 Å². The van der Waals surface area contributed by atoms with Gasteiger partial charge >= 0.3 is 0 Å². The standard InChI is InChI=1S/C31H26Cl2N4O4/c32-23-9-7-21-25-17(23)3-1-5-19(25)27(38)36(29(21)40)15-12-31(35,11-14-34)13-16-37-28(39)20-6-2-4-18-24(33)10-8-22(26(18)20)30(37)41/h1-10H,11-16,34-35H2. The zero-order valence-corrected chi connectivity index (χ0v) is 23.5. The van der Waals surface area contributed by atoms with E-state index in [1.165, 1.54) is 9.80 Å². The molecule has 4 aromatic rings. The molecule has 4 amide bonds. The van der Waals surface area contributed by atoms with E-state index >= 15 is 0 Å². The summed E-state index contributed by atoms with van der Waals surface area (Å²) >= 11 is 12.6. The van der Waals surface area contributed by atoms with Crippen molar-refractivity contribution in [2.45, 2.75) is 24.8 Å². The fraction of sp³-hybridized carbons (Fsp3) is 0.226. The van der Waals surface area contributed by atoms with E-state index in [-0.39, 0.29) is 32.5 Å². The average molecular weight is 589 g/mol. The van der Waals surface area contributed by atoms with Crippen LogP contribution in [0.4, 0.5) is 0 Å². The Morgan fingerprint density at radius 2 is 0.976 bits per heavy atom. The van der Waals surface area contributed by atoms with E-state index in [1.54, 1.807) is 60.7 Å². The van der Waals surface area contributed by atoms with Crippen LogP contribution >= 0.6 is 23.2 Å². The molecule has 0 saturated carbocycles. The topological polar surface area (TPSA) is 127 Å². The molecule has 0 saturated heterocycles. The predicted molar refractivity (Wildman–Crippen MR) is 158 cm³/mol. The van der Waals surface area contributed by atoms with Crippen molar-refractivity contribution in [1.29, 1.82) is 0 Å². The summed E-state index contributed by atoms with van der Waals surface area (Å²) < 4.78 is 0. The molecule has 0 aliphatic carbocycles. The first-order valence-electron chi connectivity index (χ1n) is 13.3. The summed E-state index contributed by atoms with van der Waals surface area (Å²) in [6.45, 7) is 0.353. The molecule has 0 aromatic heterocycles. The maximum Gasteiger partial charge on any atom is 0.261 e. The minimum atomic E-state index is -0.950. The Labute approximate surface area is 245 Å². The number of nitrogens with zero attached hydrogens (tertiary/aromatic N) is 2. The van der Waals surface area contributed by atoms with Crippen LogP contribution in [0.5, 0.6) is 0 Å². The van der Waals surface area contributed by atoms with Gasteiger partial charge in [-0.05, 0) is 62.2 Å². The summed E-state index contributed by atoms with van der Waals surface area (Å²) in [7, 11) is 0. The van der Waals surface area contributed by atoms with E-state index in [9.17, 15) is 19.2 Å². The molecule has 4 N–H and O–H groups in total. The van der Waals surface area contributed by atoms with Gasteiger partial charge in [-0.2, -0.15) is 0 Å². The molecule has 2 aliphatic rings. The van der Waals surface area contributed by atoms with E-state index in [1.807, 2.05) is 0 Å². The average Bonchev–Trinajstić information content (AvgIpc) is 2.96. The molecule has 0 radical (unpaired) electrons. The normalized spacial score (nSPS) is 15.0. The molecule has 41 heavy (non-hydrogen) atoms. The second-order valence-corrected chi connectivity index (χ2v) is 11.4. The van der Waals surface area contributed by atoms with Crippen LogP contribution in [0, 0.1) is 0 Å². The molecule has 4 aromatic carbocycles. The predicted octanol–water partition coefficient (Wildman–Crippen LogP) is 5.02. The smallest absolute Gasteiger partial charge is 0.261 e. The highest BCUT2D eigenvalue weighted by molar-refractivity contribution is 6.38. The number of benzene rings is 4. The third kappa shape index (κ3) is 4.38.